The van der Waals surface area contributed by atoms with Crippen LogP contribution in [0.15, 0.2) is 218 Å². The second-order valence-corrected chi connectivity index (χ2v) is 17.3. The van der Waals surface area contributed by atoms with E-state index in [2.05, 4.69) is 235 Å². The predicted molar refractivity (Wildman–Crippen MR) is 274 cm³/mol. The summed E-state index contributed by atoms with van der Waals surface area (Å²) in [5.41, 5.74) is 14.5. The van der Waals surface area contributed by atoms with E-state index in [0.717, 1.165) is 89.1 Å². The van der Waals surface area contributed by atoms with Gasteiger partial charge in [-0.2, -0.15) is 4.98 Å². The van der Waals surface area contributed by atoms with Crippen molar-refractivity contribution in [3.05, 3.63) is 218 Å². The number of imidazole rings is 2. The van der Waals surface area contributed by atoms with E-state index in [1.165, 1.54) is 32.6 Å². The van der Waals surface area contributed by atoms with E-state index in [1.807, 2.05) is 6.07 Å². The molecular formula is C59H36N8. The van der Waals surface area contributed by atoms with Gasteiger partial charge in [-0.05, 0) is 78.9 Å². The van der Waals surface area contributed by atoms with Crippen LogP contribution in [0.3, 0.4) is 0 Å². The van der Waals surface area contributed by atoms with Crippen LogP contribution >= 0.6 is 0 Å². The molecule has 0 unspecified atom stereocenters. The summed E-state index contributed by atoms with van der Waals surface area (Å²) in [6.45, 7) is 0. The third-order valence-corrected chi connectivity index (χ3v) is 13.7. The fourth-order valence-corrected chi connectivity index (χ4v) is 10.9. The van der Waals surface area contributed by atoms with Crippen molar-refractivity contribution in [1.29, 1.82) is 0 Å². The highest BCUT2D eigenvalue weighted by Gasteiger charge is 2.24. The Labute approximate surface area is 382 Å². The topological polar surface area (TPSA) is 62.8 Å². The maximum atomic E-state index is 5.64. The molecule has 0 amide bonds. The van der Waals surface area contributed by atoms with Crippen LogP contribution in [-0.4, -0.2) is 37.6 Å². The van der Waals surface area contributed by atoms with Crippen LogP contribution in [-0.2, 0) is 0 Å². The van der Waals surface area contributed by atoms with Gasteiger partial charge >= 0.3 is 0 Å². The maximum absolute atomic E-state index is 5.64. The summed E-state index contributed by atoms with van der Waals surface area (Å²) in [6, 6.07) is 77.6. The van der Waals surface area contributed by atoms with Gasteiger partial charge in [0.25, 0.3) is 0 Å². The standard InChI is InChI=1S/C59H36N8/c1-8-24-47-38(17-1)39-18-2-9-25-48(39)63(47)37-33-34-53-44(35-37)42-21-5-12-28-51(42)65(53)58-60-46(36-57(62-58)64-49-26-10-3-19-40(49)41-20-4-11-27-50(41)64)43-22-6-13-29-52(43)66-55-31-15-16-32-56(55)67-54-30-14-7-23-45(54)61-59(66)67/h1-36H. The van der Waals surface area contributed by atoms with Gasteiger partial charge in [0.2, 0.25) is 11.7 Å². The smallest absolute Gasteiger partial charge is 0.237 e. The van der Waals surface area contributed by atoms with Crippen molar-refractivity contribution in [2.24, 2.45) is 0 Å². The SMILES string of the molecule is c1ccc(-n2c3ccccc3n3c4ccccc4nc23)c(-c2cc(-n3c4ccccc4c4ccccc43)nc(-n3c4ccccc4c4cc(-n5c6ccccc6c6ccccc65)ccc43)n2)c1. The Hall–Kier alpha value is -9.27. The van der Waals surface area contributed by atoms with E-state index >= 15 is 0 Å². The van der Waals surface area contributed by atoms with Crippen molar-refractivity contribution in [1.82, 2.24) is 37.6 Å². The monoisotopic (exact) mass is 856 g/mol. The average molecular weight is 857 g/mol. The normalized spacial score (nSPS) is 12.2. The highest BCUT2D eigenvalue weighted by atomic mass is 15.2. The minimum Gasteiger partial charge on any atom is -0.309 e. The maximum Gasteiger partial charge on any atom is 0.237 e. The van der Waals surface area contributed by atoms with Crippen molar-refractivity contribution in [3.8, 4) is 34.4 Å². The van der Waals surface area contributed by atoms with Crippen molar-refractivity contribution in [2.45, 2.75) is 0 Å². The van der Waals surface area contributed by atoms with E-state index in [4.69, 9.17) is 15.0 Å². The lowest BCUT2D eigenvalue weighted by Gasteiger charge is -2.16. The molecule has 0 radical (unpaired) electrons. The van der Waals surface area contributed by atoms with Crippen molar-refractivity contribution in [3.63, 3.8) is 0 Å². The number of hydrogen-bond donors (Lipinski definition) is 0. The van der Waals surface area contributed by atoms with Crippen LogP contribution < -0.4 is 0 Å². The molecule has 15 rings (SSSR count). The minimum absolute atomic E-state index is 0.578. The summed E-state index contributed by atoms with van der Waals surface area (Å²) in [5, 5.41) is 7.05. The number of nitrogens with zero attached hydrogens (tertiary/aromatic N) is 8. The molecule has 0 atom stereocenters. The Morgan fingerprint density at radius 2 is 0.776 bits per heavy atom. The molecule has 15 aromatic rings. The average Bonchev–Trinajstić information content (AvgIpc) is 4.18. The molecule has 0 saturated heterocycles. The number of para-hydroxylation sites is 10. The van der Waals surface area contributed by atoms with E-state index < -0.39 is 0 Å². The molecule has 0 aliphatic carbocycles. The summed E-state index contributed by atoms with van der Waals surface area (Å²) in [6.07, 6.45) is 0. The van der Waals surface area contributed by atoms with Crippen LogP contribution in [0, 0.1) is 0 Å². The van der Waals surface area contributed by atoms with Gasteiger partial charge in [-0.1, -0.05) is 133 Å². The van der Waals surface area contributed by atoms with Crippen LogP contribution in [0.2, 0.25) is 0 Å². The third kappa shape index (κ3) is 5.03. The molecule has 0 N–H and O–H groups in total. The largest absolute Gasteiger partial charge is 0.309 e. The molecule has 67 heavy (non-hydrogen) atoms. The molecule has 0 aliphatic rings. The molecule has 0 saturated carbocycles. The Bertz CT molecular complexity index is 4430. The molecule has 0 aliphatic heterocycles. The van der Waals surface area contributed by atoms with Crippen molar-refractivity contribution < 1.29 is 0 Å². The molecule has 6 heterocycles. The number of fused-ring (bicyclic) bond motifs is 14. The minimum atomic E-state index is 0.578. The zero-order valence-corrected chi connectivity index (χ0v) is 35.9. The highest BCUT2D eigenvalue weighted by molar-refractivity contribution is 6.13. The van der Waals surface area contributed by atoms with Crippen LogP contribution in [0.25, 0.3) is 128 Å². The second kappa shape index (κ2) is 13.6. The first-order valence-corrected chi connectivity index (χ1v) is 22.6. The quantitative estimate of drug-likeness (QED) is 0.173. The van der Waals surface area contributed by atoms with E-state index in [-0.39, 0.29) is 0 Å². The lowest BCUT2D eigenvalue weighted by molar-refractivity contribution is 0.951. The molecule has 8 heteroatoms. The molecule has 0 bridgehead atoms. The van der Waals surface area contributed by atoms with Gasteiger partial charge < -0.3 is 4.57 Å². The van der Waals surface area contributed by atoms with Crippen molar-refractivity contribution in [2.75, 3.05) is 0 Å². The fourth-order valence-electron chi connectivity index (χ4n) is 10.9. The number of aromatic nitrogens is 8. The third-order valence-electron chi connectivity index (χ3n) is 13.7. The van der Waals surface area contributed by atoms with Crippen LogP contribution in [0.4, 0.5) is 0 Å². The van der Waals surface area contributed by atoms with Crippen LogP contribution in [0.5, 0.6) is 0 Å². The number of rotatable bonds is 5. The first-order chi connectivity index (χ1) is 33.3. The first kappa shape index (κ1) is 36.1. The van der Waals surface area contributed by atoms with Gasteiger partial charge in [0.15, 0.2) is 0 Å². The second-order valence-electron chi connectivity index (χ2n) is 17.3. The van der Waals surface area contributed by atoms with Gasteiger partial charge in [-0.15, -0.1) is 0 Å². The Morgan fingerprint density at radius 1 is 0.299 bits per heavy atom. The predicted octanol–water partition coefficient (Wildman–Crippen LogP) is 14.2. The zero-order chi connectivity index (χ0) is 43.7. The Kier molecular flexibility index (Phi) is 7.34. The molecule has 312 valence electrons. The molecule has 0 spiro atoms. The summed E-state index contributed by atoms with van der Waals surface area (Å²) in [5.74, 6) is 2.19. The van der Waals surface area contributed by atoms with E-state index in [0.29, 0.717) is 5.95 Å². The Morgan fingerprint density at radius 3 is 1.42 bits per heavy atom. The summed E-state index contributed by atoms with van der Waals surface area (Å²) in [7, 11) is 0. The summed E-state index contributed by atoms with van der Waals surface area (Å²) in [4.78, 5) is 16.5. The summed E-state index contributed by atoms with van der Waals surface area (Å²) >= 11 is 0. The van der Waals surface area contributed by atoms with Gasteiger partial charge in [0, 0.05) is 49.6 Å². The van der Waals surface area contributed by atoms with Crippen molar-refractivity contribution >= 4 is 93.3 Å². The molecule has 8 nitrogen and oxygen atoms in total. The van der Waals surface area contributed by atoms with Gasteiger partial charge in [0.1, 0.15) is 5.82 Å². The fraction of sp³-hybridized carbons (Fsp3) is 0. The molecule has 0 fully saturated rings. The highest BCUT2D eigenvalue weighted by Crippen LogP contribution is 2.40. The lowest BCUT2D eigenvalue weighted by atomic mass is 10.1. The van der Waals surface area contributed by atoms with Gasteiger partial charge in [-0.25, -0.2) is 9.97 Å². The van der Waals surface area contributed by atoms with E-state index in [1.54, 1.807) is 0 Å². The van der Waals surface area contributed by atoms with E-state index in [9.17, 15) is 0 Å². The molecule has 9 aromatic carbocycles. The molecule has 6 aromatic heterocycles. The van der Waals surface area contributed by atoms with Gasteiger partial charge in [0.05, 0.1) is 66.5 Å². The first-order valence-electron chi connectivity index (χ1n) is 22.6. The molecular weight excluding hydrogens is 821 g/mol. The lowest BCUT2D eigenvalue weighted by Crippen LogP contribution is -2.08. The van der Waals surface area contributed by atoms with Gasteiger partial charge in [-0.3, -0.25) is 18.1 Å². The Balaban J connectivity index is 1.03. The summed E-state index contributed by atoms with van der Waals surface area (Å²) < 4.78 is 11.5. The zero-order valence-electron chi connectivity index (χ0n) is 35.9. The number of hydrogen-bond acceptors (Lipinski definition) is 3. The van der Waals surface area contributed by atoms with Crippen LogP contribution in [0.1, 0.15) is 0 Å². The number of benzene rings is 9.